The second kappa shape index (κ2) is 9.31. The number of rotatable bonds is 6. The van der Waals surface area contributed by atoms with Gasteiger partial charge in [-0.3, -0.25) is 14.2 Å². The van der Waals surface area contributed by atoms with E-state index in [4.69, 9.17) is 9.47 Å². The molecule has 0 saturated heterocycles. The number of carbonyl (C=O) groups is 1. The minimum Gasteiger partial charge on any atom is -0.486 e. The second-order valence-corrected chi connectivity index (χ2v) is 8.20. The summed E-state index contributed by atoms with van der Waals surface area (Å²) < 4.78 is 13.0. The Labute approximate surface area is 196 Å². The lowest BCUT2D eigenvalue weighted by Crippen LogP contribution is -2.31. The number of aryl methyl sites for hydroxylation is 1. The normalized spacial score (nSPS) is 12.4. The van der Waals surface area contributed by atoms with E-state index in [-0.39, 0.29) is 18.0 Å². The molecule has 1 aliphatic rings. The number of benzene rings is 3. The van der Waals surface area contributed by atoms with E-state index in [0.717, 1.165) is 22.3 Å². The van der Waals surface area contributed by atoms with Crippen molar-refractivity contribution in [1.82, 2.24) is 4.57 Å². The topological polar surface area (TPSA) is 81.6 Å². The van der Waals surface area contributed by atoms with Gasteiger partial charge in [0.25, 0.3) is 5.56 Å². The first-order valence-electron chi connectivity index (χ1n) is 11.2. The number of nitrogens with one attached hydrogen (secondary N) is 2. The van der Waals surface area contributed by atoms with Crippen molar-refractivity contribution in [2.75, 3.05) is 23.8 Å². The number of amides is 1. The first kappa shape index (κ1) is 21.6. The van der Waals surface area contributed by atoms with Gasteiger partial charge in [0.15, 0.2) is 11.5 Å². The molecule has 3 aromatic carbocycles. The zero-order valence-electron chi connectivity index (χ0n) is 18.8. The van der Waals surface area contributed by atoms with Crippen LogP contribution in [0.25, 0.3) is 10.9 Å². The van der Waals surface area contributed by atoms with E-state index in [1.807, 2.05) is 73.7 Å². The average molecular weight is 456 g/mol. The van der Waals surface area contributed by atoms with Crippen LogP contribution in [0.15, 0.2) is 77.6 Å². The fourth-order valence-corrected chi connectivity index (χ4v) is 4.06. The molecule has 34 heavy (non-hydrogen) atoms. The van der Waals surface area contributed by atoms with E-state index in [0.29, 0.717) is 42.3 Å². The number of pyridine rings is 1. The molecule has 0 fully saturated rings. The van der Waals surface area contributed by atoms with E-state index in [1.165, 1.54) is 4.57 Å². The quantitative estimate of drug-likeness (QED) is 0.452. The zero-order chi connectivity index (χ0) is 23.5. The van der Waals surface area contributed by atoms with Gasteiger partial charge >= 0.3 is 0 Å². The van der Waals surface area contributed by atoms with Crippen molar-refractivity contribution < 1.29 is 14.3 Å². The van der Waals surface area contributed by atoms with Gasteiger partial charge in [-0.1, -0.05) is 36.4 Å². The third-order valence-electron chi connectivity index (χ3n) is 5.81. The molecular weight excluding hydrogens is 430 g/mol. The van der Waals surface area contributed by atoms with Crippen molar-refractivity contribution in [3.05, 3.63) is 94.3 Å². The molecule has 7 heteroatoms. The van der Waals surface area contributed by atoms with Crippen LogP contribution in [-0.2, 0) is 17.9 Å². The van der Waals surface area contributed by atoms with Crippen molar-refractivity contribution in [1.29, 1.82) is 0 Å². The van der Waals surface area contributed by atoms with Crippen molar-refractivity contribution in [3.8, 4) is 11.5 Å². The van der Waals surface area contributed by atoms with E-state index >= 15 is 0 Å². The van der Waals surface area contributed by atoms with Gasteiger partial charge in [-0.2, -0.15) is 0 Å². The van der Waals surface area contributed by atoms with E-state index < -0.39 is 0 Å². The van der Waals surface area contributed by atoms with Gasteiger partial charge in [0, 0.05) is 34.9 Å². The van der Waals surface area contributed by atoms with E-state index in [1.54, 1.807) is 6.07 Å². The summed E-state index contributed by atoms with van der Waals surface area (Å²) in [6, 6.07) is 22.7. The van der Waals surface area contributed by atoms with Gasteiger partial charge in [0.05, 0.1) is 5.52 Å². The molecule has 1 aliphatic heterocycles. The van der Waals surface area contributed by atoms with Gasteiger partial charge in [-0.25, -0.2) is 0 Å². The summed E-state index contributed by atoms with van der Waals surface area (Å²) in [5, 5.41) is 7.01. The summed E-state index contributed by atoms with van der Waals surface area (Å²) in [5.74, 6) is 0.928. The highest BCUT2D eigenvalue weighted by molar-refractivity contribution is 5.93. The van der Waals surface area contributed by atoms with Crippen molar-refractivity contribution >= 4 is 28.2 Å². The van der Waals surface area contributed by atoms with Gasteiger partial charge in [-0.15, -0.1) is 0 Å². The molecule has 5 rings (SSSR count). The first-order valence-corrected chi connectivity index (χ1v) is 11.2. The van der Waals surface area contributed by atoms with Crippen molar-refractivity contribution in [2.24, 2.45) is 0 Å². The lowest BCUT2D eigenvalue weighted by molar-refractivity contribution is -0.116. The molecule has 0 spiro atoms. The molecular formula is C27H25N3O4. The van der Waals surface area contributed by atoms with Gasteiger partial charge in [-0.05, 0) is 42.8 Å². The van der Waals surface area contributed by atoms with Crippen molar-refractivity contribution in [3.63, 3.8) is 0 Å². The molecule has 0 unspecified atom stereocenters. The zero-order valence-corrected chi connectivity index (χ0v) is 18.8. The predicted octanol–water partition coefficient (Wildman–Crippen LogP) is 4.33. The van der Waals surface area contributed by atoms with Crippen LogP contribution >= 0.6 is 0 Å². The Hall–Kier alpha value is -4.26. The minimum atomic E-state index is -0.277. The Kier molecular flexibility index (Phi) is 5.91. The Morgan fingerprint density at radius 2 is 1.65 bits per heavy atom. The van der Waals surface area contributed by atoms with Crippen LogP contribution in [-0.4, -0.2) is 23.7 Å². The van der Waals surface area contributed by atoms with Crippen molar-refractivity contribution in [2.45, 2.75) is 20.0 Å². The SMILES string of the molecule is Cc1ccccc1NC(=O)Cn1c(=O)c(CNc2ccccc2)cc2cc3c(cc21)OCCO3. The number of aromatic nitrogens is 1. The van der Waals surface area contributed by atoms with Crippen LogP contribution in [0.5, 0.6) is 11.5 Å². The summed E-state index contributed by atoms with van der Waals surface area (Å²) in [7, 11) is 0. The molecule has 1 amide bonds. The van der Waals surface area contributed by atoms with Crippen LogP contribution in [0.1, 0.15) is 11.1 Å². The molecule has 7 nitrogen and oxygen atoms in total. The Morgan fingerprint density at radius 3 is 2.41 bits per heavy atom. The van der Waals surface area contributed by atoms with Gasteiger partial charge in [0.2, 0.25) is 5.91 Å². The number of para-hydroxylation sites is 2. The molecule has 2 N–H and O–H groups in total. The maximum atomic E-state index is 13.5. The van der Waals surface area contributed by atoms with Crippen LogP contribution in [0, 0.1) is 6.92 Å². The molecule has 0 bridgehead atoms. The summed E-state index contributed by atoms with van der Waals surface area (Å²) in [6.45, 7) is 3.04. The lowest BCUT2D eigenvalue weighted by Gasteiger charge is -2.21. The maximum absolute atomic E-state index is 13.5. The van der Waals surface area contributed by atoms with Crippen LogP contribution in [0.2, 0.25) is 0 Å². The molecule has 0 radical (unpaired) electrons. The number of ether oxygens (including phenoxy) is 2. The Balaban J connectivity index is 1.53. The highest BCUT2D eigenvalue weighted by Gasteiger charge is 2.18. The minimum absolute atomic E-state index is 0.123. The monoisotopic (exact) mass is 455 g/mol. The third kappa shape index (κ3) is 4.45. The molecule has 1 aromatic heterocycles. The van der Waals surface area contributed by atoms with E-state index in [9.17, 15) is 9.59 Å². The van der Waals surface area contributed by atoms with Crippen LogP contribution in [0.3, 0.4) is 0 Å². The summed E-state index contributed by atoms with van der Waals surface area (Å²) >= 11 is 0. The predicted molar refractivity (Wildman–Crippen MR) is 133 cm³/mol. The summed E-state index contributed by atoms with van der Waals surface area (Å²) in [5.41, 5.74) is 3.53. The Bertz CT molecular complexity index is 1410. The third-order valence-corrected chi connectivity index (χ3v) is 5.81. The fraction of sp³-hybridized carbons (Fsp3) is 0.185. The van der Waals surface area contributed by atoms with Crippen LogP contribution in [0.4, 0.5) is 11.4 Å². The second-order valence-electron chi connectivity index (χ2n) is 8.20. The first-order chi connectivity index (χ1) is 16.6. The number of anilines is 2. The maximum Gasteiger partial charge on any atom is 0.256 e. The largest absolute Gasteiger partial charge is 0.486 e. The molecule has 172 valence electrons. The molecule has 4 aromatic rings. The van der Waals surface area contributed by atoms with Crippen LogP contribution < -0.4 is 25.7 Å². The number of hydrogen-bond acceptors (Lipinski definition) is 5. The van der Waals surface area contributed by atoms with E-state index in [2.05, 4.69) is 10.6 Å². The number of fused-ring (bicyclic) bond motifs is 2. The van der Waals surface area contributed by atoms with Gasteiger partial charge < -0.3 is 20.1 Å². The number of nitrogens with zero attached hydrogens (tertiary/aromatic N) is 1. The number of hydrogen-bond donors (Lipinski definition) is 2. The molecule has 0 aliphatic carbocycles. The molecule has 2 heterocycles. The lowest BCUT2D eigenvalue weighted by atomic mass is 10.1. The highest BCUT2D eigenvalue weighted by atomic mass is 16.6. The number of carbonyl (C=O) groups excluding carboxylic acids is 1. The Morgan fingerprint density at radius 1 is 0.941 bits per heavy atom. The highest BCUT2D eigenvalue weighted by Crippen LogP contribution is 2.34. The smallest absolute Gasteiger partial charge is 0.256 e. The molecule has 0 atom stereocenters. The molecule has 0 saturated carbocycles. The summed E-state index contributed by atoms with van der Waals surface area (Å²) in [6.07, 6.45) is 0. The fourth-order valence-electron chi connectivity index (χ4n) is 4.06. The summed E-state index contributed by atoms with van der Waals surface area (Å²) in [4.78, 5) is 26.5. The average Bonchev–Trinajstić information content (AvgIpc) is 2.86. The van der Waals surface area contributed by atoms with Gasteiger partial charge in [0.1, 0.15) is 19.8 Å². The standard InChI is InChI=1S/C27H25N3O4/c1-18-7-5-6-10-22(18)29-26(31)17-30-23-15-25-24(33-11-12-34-25)14-19(23)13-20(27(30)32)16-28-21-8-3-2-4-9-21/h2-10,13-15,28H,11-12,16-17H2,1H3,(H,29,31).